The highest BCUT2D eigenvalue weighted by atomic mass is 79.9. The third kappa shape index (κ3) is 2.86. The van der Waals surface area contributed by atoms with Crippen molar-refractivity contribution in [1.82, 2.24) is 4.98 Å². The van der Waals surface area contributed by atoms with E-state index in [1.165, 1.54) is 11.3 Å². The molecule has 3 nitrogen and oxygen atoms in total. The Labute approximate surface area is 116 Å². The summed E-state index contributed by atoms with van der Waals surface area (Å²) in [4.78, 5) is 16.5. The van der Waals surface area contributed by atoms with Crippen LogP contribution in [0.1, 0.15) is 15.2 Å². The molecule has 6 heteroatoms. The molecule has 0 saturated carbocycles. The molecule has 2 aromatic rings. The van der Waals surface area contributed by atoms with Gasteiger partial charge in [0.2, 0.25) is 0 Å². The molecule has 0 atom stereocenters. The maximum absolute atomic E-state index is 11.9. The van der Waals surface area contributed by atoms with Crippen LogP contribution in [-0.2, 0) is 0 Å². The molecule has 1 N–H and O–H groups in total. The number of thiophene rings is 1. The Morgan fingerprint density at radius 3 is 2.82 bits per heavy atom. The van der Waals surface area contributed by atoms with E-state index in [-0.39, 0.29) is 5.91 Å². The number of aromatic nitrogens is 1. The highest BCUT2D eigenvalue weighted by Gasteiger charge is 2.14. The summed E-state index contributed by atoms with van der Waals surface area (Å²) in [5.41, 5.74) is 0.908. The first-order valence-corrected chi connectivity index (χ1v) is 6.79. The van der Waals surface area contributed by atoms with Gasteiger partial charge in [-0.2, -0.15) is 0 Å². The summed E-state index contributed by atoms with van der Waals surface area (Å²) in [6, 6.07) is 3.53. The smallest absolute Gasteiger partial charge is 0.268 e. The average molecular weight is 332 g/mol. The number of pyridine rings is 1. The first kappa shape index (κ1) is 12.5. The molecular formula is C11H8BrClN2OS. The van der Waals surface area contributed by atoms with Crippen LogP contribution in [0.25, 0.3) is 0 Å². The molecule has 0 aromatic carbocycles. The van der Waals surface area contributed by atoms with Crippen LogP contribution < -0.4 is 5.32 Å². The maximum atomic E-state index is 11.9. The summed E-state index contributed by atoms with van der Waals surface area (Å²) in [5, 5.41) is 5.05. The van der Waals surface area contributed by atoms with Crippen LogP contribution in [-0.4, -0.2) is 10.9 Å². The monoisotopic (exact) mass is 330 g/mol. The van der Waals surface area contributed by atoms with Crippen LogP contribution in [0.3, 0.4) is 0 Å². The van der Waals surface area contributed by atoms with Crippen molar-refractivity contribution in [1.29, 1.82) is 0 Å². The lowest BCUT2D eigenvalue weighted by Gasteiger charge is -2.03. The molecule has 0 aliphatic carbocycles. The number of carbonyl (C=O) groups excluding carboxylic acids is 1. The van der Waals surface area contributed by atoms with Crippen molar-refractivity contribution >= 4 is 50.6 Å². The zero-order valence-corrected chi connectivity index (χ0v) is 12.0. The molecule has 0 fully saturated rings. The van der Waals surface area contributed by atoms with E-state index in [1.54, 1.807) is 12.3 Å². The van der Waals surface area contributed by atoms with E-state index in [0.717, 1.165) is 10.0 Å². The van der Waals surface area contributed by atoms with Crippen molar-refractivity contribution in [3.05, 3.63) is 43.6 Å². The predicted octanol–water partition coefficient (Wildman–Crippen LogP) is 4.12. The number of halogens is 2. The van der Waals surface area contributed by atoms with Crippen LogP contribution in [0.2, 0.25) is 5.02 Å². The Kier molecular flexibility index (Phi) is 3.81. The van der Waals surface area contributed by atoms with Crippen LogP contribution in [0, 0.1) is 6.92 Å². The summed E-state index contributed by atoms with van der Waals surface area (Å²) in [5.74, 6) is 0.267. The van der Waals surface area contributed by atoms with Crippen molar-refractivity contribution < 1.29 is 4.79 Å². The third-order valence-corrected chi connectivity index (χ3v) is 4.24. The number of nitrogens with zero attached hydrogens (tertiary/aromatic N) is 1. The van der Waals surface area contributed by atoms with Gasteiger partial charge in [0.15, 0.2) is 0 Å². The number of hydrogen-bond acceptors (Lipinski definition) is 3. The van der Waals surface area contributed by atoms with Gasteiger partial charge in [-0.05, 0) is 45.9 Å². The van der Waals surface area contributed by atoms with E-state index in [1.807, 2.05) is 18.4 Å². The quantitative estimate of drug-likeness (QED) is 0.899. The zero-order valence-electron chi connectivity index (χ0n) is 8.83. The molecule has 0 aliphatic heterocycles. The Bertz CT molecular complexity index is 553. The largest absolute Gasteiger partial charge is 0.306 e. The maximum Gasteiger partial charge on any atom is 0.268 e. The van der Waals surface area contributed by atoms with Crippen LogP contribution in [0.5, 0.6) is 0 Å². The van der Waals surface area contributed by atoms with E-state index < -0.39 is 0 Å². The topological polar surface area (TPSA) is 42.0 Å². The Morgan fingerprint density at radius 2 is 2.29 bits per heavy atom. The minimum Gasteiger partial charge on any atom is -0.306 e. The molecule has 0 unspecified atom stereocenters. The summed E-state index contributed by atoms with van der Waals surface area (Å²) in [7, 11) is 0. The molecule has 0 bridgehead atoms. The SMILES string of the molecule is Cc1csc(C(=O)Nc2ccc(Br)cn2)c1Cl. The lowest BCUT2D eigenvalue weighted by Crippen LogP contribution is -2.11. The summed E-state index contributed by atoms with van der Waals surface area (Å²) < 4.78 is 0.862. The number of rotatable bonds is 2. The molecule has 2 heterocycles. The van der Waals surface area contributed by atoms with Crippen molar-refractivity contribution in [2.75, 3.05) is 5.32 Å². The summed E-state index contributed by atoms with van der Waals surface area (Å²) in [6.07, 6.45) is 1.62. The molecule has 0 aliphatic rings. The third-order valence-electron chi connectivity index (χ3n) is 2.07. The fourth-order valence-corrected chi connectivity index (χ4v) is 2.61. The standard InChI is InChI=1S/C11H8BrClN2OS/c1-6-5-17-10(9(6)13)11(16)15-8-3-2-7(12)4-14-8/h2-5H,1H3,(H,14,15,16). The normalized spacial score (nSPS) is 10.3. The number of amides is 1. The van der Waals surface area contributed by atoms with E-state index >= 15 is 0 Å². The van der Waals surface area contributed by atoms with Crippen LogP contribution in [0.4, 0.5) is 5.82 Å². The van der Waals surface area contributed by atoms with Gasteiger partial charge in [-0.25, -0.2) is 4.98 Å². The number of aryl methyl sites for hydroxylation is 1. The van der Waals surface area contributed by atoms with Gasteiger partial charge in [0.05, 0.1) is 5.02 Å². The molecule has 0 saturated heterocycles. The first-order valence-electron chi connectivity index (χ1n) is 4.74. The summed E-state index contributed by atoms with van der Waals surface area (Å²) in [6.45, 7) is 1.87. The van der Waals surface area contributed by atoms with E-state index in [9.17, 15) is 4.79 Å². The van der Waals surface area contributed by atoms with Gasteiger partial charge in [0, 0.05) is 10.7 Å². The van der Waals surface area contributed by atoms with E-state index in [2.05, 4.69) is 26.2 Å². The second-order valence-electron chi connectivity index (χ2n) is 3.38. The van der Waals surface area contributed by atoms with Crippen molar-refractivity contribution in [3.8, 4) is 0 Å². The lowest BCUT2D eigenvalue weighted by atomic mass is 10.3. The van der Waals surface area contributed by atoms with Crippen LogP contribution >= 0.6 is 38.9 Å². The highest BCUT2D eigenvalue weighted by molar-refractivity contribution is 9.10. The molecule has 17 heavy (non-hydrogen) atoms. The molecule has 1 amide bonds. The van der Waals surface area contributed by atoms with Gasteiger partial charge in [0.1, 0.15) is 10.7 Å². The van der Waals surface area contributed by atoms with Gasteiger partial charge in [-0.15, -0.1) is 11.3 Å². The first-order chi connectivity index (χ1) is 8.08. The minimum atomic E-state index is -0.233. The van der Waals surface area contributed by atoms with E-state index in [4.69, 9.17) is 11.6 Å². The number of hydrogen-bond donors (Lipinski definition) is 1. The second kappa shape index (κ2) is 5.16. The molecule has 2 aromatic heterocycles. The van der Waals surface area contributed by atoms with Crippen molar-refractivity contribution in [3.63, 3.8) is 0 Å². The summed E-state index contributed by atoms with van der Waals surface area (Å²) >= 11 is 10.6. The Hall–Kier alpha value is -0.910. The average Bonchev–Trinajstić information content (AvgIpc) is 2.63. The minimum absolute atomic E-state index is 0.233. The fraction of sp³-hybridized carbons (Fsp3) is 0.0909. The van der Waals surface area contributed by atoms with Gasteiger partial charge >= 0.3 is 0 Å². The zero-order chi connectivity index (χ0) is 12.4. The lowest BCUT2D eigenvalue weighted by molar-refractivity contribution is 0.103. The highest BCUT2D eigenvalue weighted by Crippen LogP contribution is 2.27. The van der Waals surface area contributed by atoms with Crippen molar-refractivity contribution in [2.24, 2.45) is 0 Å². The molecular weight excluding hydrogens is 324 g/mol. The predicted molar refractivity (Wildman–Crippen MR) is 74.0 cm³/mol. The van der Waals surface area contributed by atoms with Crippen molar-refractivity contribution in [2.45, 2.75) is 6.92 Å². The fourth-order valence-electron chi connectivity index (χ4n) is 1.21. The van der Waals surface area contributed by atoms with Gasteiger partial charge in [-0.3, -0.25) is 4.79 Å². The second-order valence-corrected chi connectivity index (χ2v) is 5.55. The molecule has 0 radical (unpaired) electrons. The Balaban J connectivity index is 2.17. The van der Waals surface area contributed by atoms with E-state index in [0.29, 0.717) is 15.7 Å². The van der Waals surface area contributed by atoms with Gasteiger partial charge in [-0.1, -0.05) is 11.6 Å². The number of carbonyl (C=O) groups is 1. The van der Waals surface area contributed by atoms with Gasteiger partial charge < -0.3 is 5.32 Å². The van der Waals surface area contributed by atoms with Crippen LogP contribution in [0.15, 0.2) is 28.2 Å². The number of anilines is 1. The van der Waals surface area contributed by atoms with Gasteiger partial charge in [0.25, 0.3) is 5.91 Å². The molecule has 0 spiro atoms. The number of nitrogens with one attached hydrogen (secondary N) is 1. The Morgan fingerprint density at radius 1 is 1.53 bits per heavy atom. The molecule has 2 rings (SSSR count). The molecule has 88 valence electrons.